The van der Waals surface area contributed by atoms with Crippen molar-refractivity contribution in [3.63, 3.8) is 0 Å². The molecule has 2 aliphatic carbocycles. The minimum atomic E-state index is 0.367. The van der Waals surface area contributed by atoms with E-state index in [4.69, 9.17) is 4.74 Å². The molecule has 0 unspecified atom stereocenters. The van der Waals surface area contributed by atoms with Gasteiger partial charge in [-0.15, -0.1) is 0 Å². The molecule has 0 aromatic carbocycles. The molecule has 2 fully saturated rings. The first-order valence-electron chi connectivity index (χ1n) is 8.69. The molecule has 1 aromatic heterocycles. The summed E-state index contributed by atoms with van der Waals surface area (Å²) in [5.74, 6) is 4.16. The number of hydrogen-bond donors (Lipinski definition) is 0. The average Bonchev–Trinajstić information content (AvgIpc) is 2.51. The normalized spacial score (nSPS) is 33.6. The molecule has 1 heterocycles. The standard InChI is InChI=1S/C18H28N2O/c1-13-3-7-15(8-4-13)18-19-11-17(12-20-18)21-16-9-5-14(2)6-10-16/h11-16H,3-10H2,1-2H3. The Hall–Kier alpha value is -1.12. The fourth-order valence-corrected chi connectivity index (χ4v) is 3.66. The molecule has 0 saturated heterocycles. The first-order chi connectivity index (χ1) is 10.2. The van der Waals surface area contributed by atoms with Crippen molar-refractivity contribution in [1.82, 2.24) is 9.97 Å². The van der Waals surface area contributed by atoms with Gasteiger partial charge in [-0.3, -0.25) is 0 Å². The van der Waals surface area contributed by atoms with Crippen LogP contribution in [0.1, 0.15) is 77.0 Å². The molecule has 0 amide bonds. The fourth-order valence-electron chi connectivity index (χ4n) is 3.66. The zero-order valence-electron chi connectivity index (χ0n) is 13.4. The topological polar surface area (TPSA) is 35.0 Å². The molecular formula is C18H28N2O. The van der Waals surface area contributed by atoms with Gasteiger partial charge in [0.2, 0.25) is 0 Å². The summed E-state index contributed by atoms with van der Waals surface area (Å²) in [7, 11) is 0. The predicted molar refractivity (Wildman–Crippen MR) is 84.5 cm³/mol. The van der Waals surface area contributed by atoms with Crippen LogP contribution < -0.4 is 4.74 Å². The summed E-state index contributed by atoms with van der Waals surface area (Å²) >= 11 is 0. The van der Waals surface area contributed by atoms with Gasteiger partial charge in [-0.05, 0) is 50.4 Å². The number of ether oxygens (including phenoxy) is 1. The van der Waals surface area contributed by atoms with Gasteiger partial charge in [-0.1, -0.05) is 26.7 Å². The van der Waals surface area contributed by atoms with Crippen molar-refractivity contribution in [2.45, 2.75) is 77.2 Å². The SMILES string of the molecule is CC1CCC(Oc2cnc(C3CCC(C)CC3)nc2)CC1. The quantitative estimate of drug-likeness (QED) is 0.806. The molecule has 0 aliphatic heterocycles. The summed E-state index contributed by atoms with van der Waals surface area (Å²) in [5, 5.41) is 0. The lowest BCUT2D eigenvalue weighted by molar-refractivity contribution is 0.134. The smallest absolute Gasteiger partial charge is 0.156 e. The predicted octanol–water partition coefficient (Wildman–Crippen LogP) is 4.73. The Morgan fingerprint density at radius 1 is 0.810 bits per heavy atom. The molecule has 0 radical (unpaired) electrons. The molecule has 0 bridgehead atoms. The van der Waals surface area contributed by atoms with E-state index in [0.717, 1.165) is 23.4 Å². The first kappa shape index (κ1) is 14.8. The van der Waals surface area contributed by atoms with Crippen molar-refractivity contribution in [3.8, 4) is 5.75 Å². The van der Waals surface area contributed by atoms with Crippen LogP contribution in [0.15, 0.2) is 12.4 Å². The molecule has 0 N–H and O–H groups in total. The van der Waals surface area contributed by atoms with E-state index in [1.165, 1.54) is 51.4 Å². The van der Waals surface area contributed by atoms with Crippen molar-refractivity contribution < 1.29 is 4.74 Å². The van der Waals surface area contributed by atoms with Gasteiger partial charge < -0.3 is 4.74 Å². The van der Waals surface area contributed by atoms with E-state index in [1.807, 2.05) is 12.4 Å². The minimum absolute atomic E-state index is 0.367. The van der Waals surface area contributed by atoms with E-state index >= 15 is 0 Å². The molecule has 3 nitrogen and oxygen atoms in total. The Kier molecular flexibility index (Phi) is 4.77. The maximum absolute atomic E-state index is 6.04. The highest BCUT2D eigenvalue weighted by molar-refractivity contribution is 5.14. The molecule has 21 heavy (non-hydrogen) atoms. The zero-order chi connectivity index (χ0) is 14.7. The van der Waals surface area contributed by atoms with Gasteiger partial charge in [-0.25, -0.2) is 9.97 Å². The zero-order valence-corrected chi connectivity index (χ0v) is 13.4. The molecule has 3 rings (SSSR count). The van der Waals surface area contributed by atoms with Crippen molar-refractivity contribution in [2.75, 3.05) is 0 Å². The van der Waals surface area contributed by atoms with Crippen LogP contribution in [0.3, 0.4) is 0 Å². The van der Waals surface area contributed by atoms with E-state index in [2.05, 4.69) is 23.8 Å². The number of hydrogen-bond acceptors (Lipinski definition) is 3. The van der Waals surface area contributed by atoms with Crippen LogP contribution in [0, 0.1) is 11.8 Å². The van der Waals surface area contributed by atoms with Crippen LogP contribution in [-0.4, -0.2) is 16.1 Å². The Balaban J connectivity index is 1.54. The van der Waals surface area contributed by atoms with Crippen LogP contribution in [0.5, 0.6) is 5.75 Å². The molecule has 2 aliphatic rings. The van der Waals surface area contributed by atoms with Crippen molar-refractivity contribution in [1.29, 1.82) is 0 Å². The van der Waals surface area contributed by atoms with Gasteiger partial charge >= 0.3 is 0 Å². The first-order valence-corrected chi connectivity index (χ1v) is 8.69. The van der Waals surface area contributed by atoms with E-state index in [9.17, 15) is 0 Å². The second-order valence-electron chi connectivity index (χ2n) is 7.23. The van der Waals surface area contributed by atoms with Crippen LogP contribution in [0.4, 0.5) is 0 Å². The summed E-state index contributed by atoms with van der Waals surface area (Å²) < 4.78 is 6.04. The number of aromatic nitrogens is 2. The van der Waals surface area contributed by atoms with Crippen LogP contribution in [-0.2, 0) is 0 Å². The lowest BCUT2D eigenvalue weighted by atomic mass is 9.82. The number of rotatable bonds is 3. The Bertz CT molecular complexity index is 429. The third-order valence-corrected chi connectivity index (χ3v) is 5.29. The highest BCUT2D eigenvalue weighted by atomic mass is 16.5. The fraction of sp³-hybridized carbons (Fsp3) is 0.778. The summed E-state index contributed by atoms with van der Waals surface area (Å²) in [4.78, 5) is 9.14. The van der Waals surface area contributed by atoms with Gasteiger partial charge in [0.25, 0.3) is 0 Å². The Morgan fingerprint density at radius 2 is 1.33 bits per heavy atom. The minimum Gasteiger partial charge on any atom is -0.487 e. The Labute approximate surface area is 128 Å². The van der Waals surface area contributed by atoms with E-state index in [0.29, 0.717) is 12.0 Å². The maximum atomic E-state index is 6.04. The van der Waals surface area contributed by atoms with Gasteiger partial charge in [0.05, 0.1) is 18.5 Å². The van der Waals surface area contributed by atoms with Gasteiger partial charge in [0.1, 0.15) is 5.82 Å². The summed E-state index contributed by atoms with van der Waals surface area (Å²) in [6.45, 7) is 4.68. The van der Waals surface area contributed by atoms with E-state index < -0.39 is 0 Å². The van der Waals surface area contributed by atoms with Gasteiger partial charge in [0, 0.05) is 5.92 Å². The van der Waals surface area contributed by atoms with Crippen LogP contribution in [0.2, 0.25) is 0 Å². The van der Waals surface area contributed by atoms with Crippen molar-refractivity contribution in [2.24, 2.45) is 11.8 Å². The van der Waals surface area contributed by atoms with E-state index in [-0.39, 0.29) is 0 Å². The summed E-state index contributed by atoms with van der Waals surface area (Å²) in [5.41, 5.74) is 0. The molecule has 2 saturated carbocycles. The van der Waals surface area contributed by atoms with Crippen molar-refractivity contribution in [3.05, 3.63) is 18.2 Å². The lowest BCUT2D eigenvalue weighted by Crippen LogP contribution is -2.23. The second-order valence-corrected chi connectivity index (χ2v) is 7.23. The molecule has 3 heteroatoms. The average molecular weight is 288 g/mol. The van der Waals surface area contributed by atoms with Crippen LogP contribution >= 0.6 is 0 Å². The molecule has 0 spiro atoms. The summed E-state index contributed by atoms with van der Waals surface area (Å²) in [6, 6.07) is 0. The highest BCUT2D eigenvalue weighted by Gasteiger charge is 2.22. The molecule has 1 aromatic rings. The van der Waals surface area contributed by atoms with Gasteiger partial charge in [-0.2, -0.15) is 0 Å². The lowest BCUT2D eigenvalue weighted by Gasteiger charge is -2.27. The maximum Gasteiger partial charge on any atom is 0.156 e. The number of nitrogens with zero attached hydrogens (tertiary/aromatic N) is 2. The third kappa shape index (κ3) is 3.96. The van der Waals surface area contributed by atoms with E-state index in [1.54, 1.807) is 0 Å². The largest absolute Gasteiger partial charge is 0.487 e. The third-order valence-electron chi connectivity index (χ3n) is 5.29. The summed E-state index contributed by atoms with van der Waals surface area (Å²) in [6.07, 6.45) is 14.1. The van der Waals surface area contributed by atoms with Gasteiger partial charge in [0.15, 0.2) is 5.75 Å². The second kappa shape index (κ2) is 6.76. The molecule has 116 valence electrons. The monoisotopic (exact) mass is 288 g/mol. The molecule has 0 atom stereocenters. The highest BCUT2D eigenvalue weighted by Crippen LogP contribution is 2.34. The van der Waals surface area contributed by atoms with Crippen LogP contribution in [0.25, 0.3) is 0 Å². The molecular weight excluding hydrogens is 260 g/mol. The Morgan fingerprint density at radius 3 is 1.90 bits per heavy atom. The van der Waals surface area contributed by atoms with Crippen molar-refractivity contribution >= 4 is 0 Å².